The van der Waals surface area contributed by atoms with Crippen molar-refractivity contribution in [3.63, 3.8) is 0 Å². The number of hydrogen-bond donors (Lipinski definition) is 0. The Kier molecular flexibility index (Phi) is 7.86. The molecule has 1 aliphatic heterocycles. The molecule has 0 spiro atoms. The summed E-state index contributed by atoms with van der Waals surface area (Å²) >= 11 is 3.37. The number of nitrogens with zero attached hydrogens (tertiary/aromatic N) is 2. The van der Waals surface area contributed by atoms with E-state index < -0.39 is 0 Å². The fraction of sp³-hybridized carbons (Fsp3) is 0.261. The molecule has 152 valence electrons. The van der Waals surface area contributed by atoms with Crippen LogP contribution in [0, 0.1) is 0 Å². The second-order valence-corrected chi connectivity index (χ2v) is 8.70. The summed E-state index contributed by atoms with van der Waals surface area (Å²) in [7, 11) is 2.14. The molecule has 0 aliphatic carbocycles. The van der Waals surface area contributed by atoms with Gasteiger partial charge < -0.3 is 9.64 Å². The zero-order valence-corrected chi connectivity index (χ0v) is 18.4. The number of para-hydroxylation sites is 1. The molecule has 1 atom stereocenters. The Bertz CT molecular complexity index is 871. The number of anilines is 2. The number of allylic oxidation sites excluding steroid dienone is 2. The number of thioether (sulfide) groups is 1. The van der Waals surface area contributed by atoms with E-state index in [4.69, 9.17) is 4.74 Å². The van der Waals surface area contributed by atoms with Crippen LogP contribution in [-0.4, -0.2) is 36.5 Å². The van der Waals surface area contributed by atoms with Gasteiger partial charge in [0.2, 0.25) is 0 Å². The van der Waals surface area contributed by atoms with Crippen molar-refractivity contribution in [2.45, 2.75) is 28.7 Å². The van der Waals surface area contributed by atoms with Crippen molar-refractivity contribution in [1.29, 1.82) is 0 Å². The first-order valence-corrected chi connectivity index (χ1v) is 11.5. The maximum Gasteiger partial charge on any atom is 0.145 e. The maximum absolute atomic E-state index is 10.6. The Morgan fingerprint density at radius 1 is 1.31 bits per heavy atom. The molecule has 0 bridgehead atoms. The van der Waals surface area contributed by atoms with Gasteiger partial charge in [0, 0.05) is 24.4 Å². The van der Waals surface area contributed by atoms with E-state index in [0.717, 1.165) is 34.9 Å². The lowest BCUT2D eigenvalue weighted by Gasteiger charge is -2.30. The molecule has 6 heteroatoms. The van der Waals surface area contributed by atoms with Crippen LogP contribution in [0.3, 0.4) is 0 Å². The number of benzene rings is 2. The number of hydrogen-bond acceptors (Lipinski definition) is 6. The van der Waals surface area contributed by atoms with Crippen LogP contribution in [-0.2, 0) is 4.79 Å². The average Bonchev–Trinajstić information content (AvgIpc) is 2.88. The number of rotatable bonds is 8. The summed E-state index contributed by atoms with van der Waals surface area (Å²) < 4.78 is 8.08. The molecule has 29 heavy (non-hydrogen) atoms. The van der Waals surface area contributed by atoms with Gasteiger partial charge in [-0.3, -0.25) is 4.79 Å². The molecule has 1 unspecified atom stereocenters. The summed E-state index contributed by atoms with van der Waals surface area (Å²) in [4.78, 5) is 15.2. The molecule has 0 radical (unpaired) electrons. The Morgan fingerprint density at radius 2 is 2.10 bits per heavy atom. The lowest BCUT2D eigenvalue weighted by molar-refractivity contribution is -0.104. The van der Waals surface area contributed by atoms with Gasteiger partial charge in [0.05, 0.1) is 21.7 Å². The summed E-state index contributed by atoms with van der Waals surface area (Å²) in [6.45, 7) is 4.79. The standard InChI is InChI=1S/C23H26N2O2S2/c1-4-5-10-19-17-25(18-11-7-6-8-12-18)20-15-23(28-3)21(27-14-9-13-26)16-22(20)29-24(19)2/h4,6-9,11-16,19H,1,5,10,17H2,2-3H3/b14-9+. The molecule has 0 aromatic heterocycles. The molecule has 0 saturated heterocycles. The van der Waals surface area contributed by atoms with Gasteiger partial charge in [-0.25, -0.2) is 4.31 Å². The Morgan fingerprint density at radius 3 is 2.79 bits per heavy atom. The normalized spacial score (nSPS) is 17.0. The number of aldehydes is 1. The predicted molar refractivity (Wildman–Crippen MR) is 124 cm³/mol. The third-order valence-corrected chi connectivity index (χ3v) is 6.68. The van der Waals surface area contributed by atoms with E-state index in [1.807, 2.05) is 18.4 Å². The van der Waals surface area contributed by atoms with Crippen molar-refractivity contribution in [3.05, 3.63) is 67.5 Å². The molecule has 0 N–H and O–H groups in total. The molecule has 1 heterocycles. The highest BCUT2D eigenvalue weighted by atomic mass is 32.2. The second kappa shape index (κ2) is 10.6. The topological polar surface area (TPSA) is 32.8 Å². The maximum atomic E-state index is 10.6. The van der Waals surface area contributed by atoms with E-state index in [2.05, 4.69) is 59.2 Å². The molecule has 3 rings (SSSR count). The van der Waals surface area contributed by atoms with Gasteiger partial charge in [-0.1, -0.05) is 24.3 Å². The summed E-state index contributed by atoms with van der Waals surface area (Å²) in [6.07, 6.45) is 9.55. The number of ether oxygens (including phenoxy) is 1. The van der Waals surface area contributed by atoms with E-state index in [0.29, 0.717) is 12.3 Å². The van der Waals surface area contributed by atoms with Crippen LogP contribution < -0.4 is 9.64 Å². The molecular formula is C23H26N2O2S2. The fourth-order valence-corrected chi connectivity index (χ4v) is 4.89. The van der Waals surface area contributed by atoms with Crippen molar-refractivity contribution in [3.8, 4) is 5.75 Å². The second-order valence-electron chi connectivity index (χ2n) is 6.66. The summed E-state index contributed by atoms with van der Waals surface area (Å²) in [5.74, 6) is 0.757. The lowest BCUT2D eigenvalue weighted by atomic mass is 10.1. The van der Waals surface area contributed by atoms with Gasteiger partial charge in [-0.2, -0.15) is 0 Å². The summed E-state index contributed by atoms with van der Waals surface area (Å²) in [5.41, 5.74) is 2.35. The zero-order valence-electron chi connectivity index (χ0n) is 16.8. The number of carbonyl (C=O) groups excluding carboxylic acids is 1. The fourth-order valence-electron chi connectivity index (χ4n) is 3.30. The van der Waals surface area contributed by atoms with Gasteiger partial charge in [-0.05, 0) is 62.4 Å². The van der Waals surface area contributed by atoms with Crippen LogP contribution in [0.1, 0.15) is 12.8 Å². The van der Waals surface area contributed by atoms with E-state index in [9.17, 15) is 4.79 Å². The minimum atomic E-state index is 0.377. The molecule has 1 aliphatic rings. The van der Waals surface area contributed by atoms with Gasteiger partial charge in [-0.15, -0.1) is 18.3 Å². The van der Waals surface area contributed by atoms with Gasteiger partial charge in [0.25, 0.3) is 0 Å². The number of fused-ring (bicyclic) bond motifs is 1. The van der Waals surface area contributed by atoms with E-state index >= 15 is 0 Å². The monoisotopic (exact) mass is 426 g/mol. The van der Waals surface area contributed by atoms with Gasteiger partial charge >= 0.3 is 0 Å². The molecule has 2 aromatic carbocycles. The Hall–Kier alpha value is -2.15. The van der Waals surface area contributed by atoms with E-state index in [1.165, 1.54) is 23.7 Å². The van der Waals surface area contributed by atoms with Crippen molar-refractivity contribution in [2.75, 3.05) is 24.7 Å². The SMILES string of the molecule is C=CCCC1CN(c2ccccc2)c2cc(SC)c(O/C=C/C=O)cc2SN1C. The molecular weight excluding hydrogens is 400 g/mol. The largest absolute Gasteiger partial charge is 0.464 e. The highest BCUT2D eigenvalue weighted by Crippen LogP contribution is 2.45. The van der Waals surface area contributed by atoms with Crippen molar-refractivity contribution in [1.82, 2.24) is 4.31 Å². The Labute approximate surface area is 181 Å². The van der Waals surface area contributed by atoms with Gasteiger partial charge in [0.1, 0.15) is 12.0 Å². The number of likely N-dealkylation sites (N-methyl/N-ethyl adjacent to an activating group) is 1. The molecule has 4 nitrogen and oxygen atoms in total. The summed E-state index contributed by atoms with van der Waals surface area (Å²) in [5, 5.41) is 0. The van der Waals surface area contributed by atoms with E-state index in [-0.39, 0.29) is 0 Å². The van der Waals surface area contributed by atoms with Crippen molar-refractivity contribution < 1.29 is 9.53 Å². The predicted octanol–water partition coefficient (Wildman–Crippen LogP) is 5.93. The summed E-state index contributed by atoms with van der Waals surface area (Å²) in [6, 6.07) is 15.1. The first kappa shape index (κ1) is 21.6. The first-order chi connectivity index (χ1) is 14.2. The average molecular weight is 427 g/mol. The van der Waals surface area contributed by atoms with Crippen LogP contribution in [0.5, 0.6) is 5.75 Å². The molecule has 0 amide bonds. The minimum Gasteiger partial charge on any atom is -0.464 e. The Balaban J connectivity index is 2.07. The van der Waals surface area contributed by atoms with Crippen LogP contribution in [0.15, 0.2) is 77.2 Å². The highest BCUT2D eigenvalue weighted by molar-refractivity contribution is 7.98. The zero-order chi connectivity index (χ0) is 20.6. The minimum absolute atomic E-state index is 0.377. The highest BCUT2D eigenvalue weighted by Gasteiger charge is 2.28. The van der Waals surface area contributed by atoms with Gasteiger partial charge in [0.15, 0.2) is 0 Å². The van der Waals surface area contributed by atoms with Crippen LogP contribution in [0.25, 0.3) is 0 Å². The quantitative estimate of drug-likeness (QED) is 0.130. The third-order valence-electron chi connectivity index (χ3n) is 4.81. The van der Waals surface area contributed by atoms with Crippen LogP contribution in [0.2, 0.25) is 0 Å². The lowest BCUT2D eigenvalue weighted by Crippen LogP contribution is -2.35. The van der Waals surface area contributed by atoms with Crippen molar-refractivity contribution >= 4 is 41.4 Å². The van der Waals surface area contributed by atoms with Crippen LogP contribution >= 0.6 is 23.7 Å². The van der Waals surface area contributed by atoms with Crippen LogP contribution in [0.4, 0.5) is 11.4 Å². The smallest absolute Gasteiger partial charge is 0.145 e. The first-order valence-electron chi connectivity index (χ1n) is 9.51. The molecule has 0 saturated carbocycles. The molecule has 0 fully saturated rings. The third kappa shape index (κ3) is 5.26. The molecule has 2 aromatic rings. The number of carbonyl (C=O) groups is 1. The van der Waals surface area contributed by atoms with E-state index in [1.54, 1.807) is 23.7 Å². The van der Waals surface area contributed by atoms with Crippen molar-refractivity contribution in [2.24, 2.45) is 0 Å².